The normalized spacial score (nSPS) is 11.5. The Hall–Kier alpha value is -2.24. The highest BCUT2D eigenvalue weighted by atomic mass is 32.1. The maximum atomic E-state index is 12.5. The molecule has 0 fully saturated rings. The van der Waals surface area contributed by atoms with E-state index < -0.39 is 0 Å². The lowest BCUT2D eigenvalue weighted by molar-refractivity contribution is -0.117. The Morgan fingerprint density at radius 3 is 2.69 bits per heavy atom. The van der Waals surface area contributed by atoms with Gasteiger partial charge in [0.05, 0.1) is 23.3 Å². The number of aromatic nitrogens is 1. The number of thiazole rings is 1. The van der Waals surface area contributed by atoms with Gasteiger partial charge in [-0.05, 0) is 43.1 Å². The van der Waals surface area contributed by atoms with Crippen LogP contribution in [0.1, 0.15) is 35.9 Å². The van der Waals surface area contributed by atoms with Crippen molar-refractivity contribution in [1.29, 1.82) is 0 Å². The summed E-state index contributed by atoms with van der Waals surface area (Å²) in [5, 5.41) is 4.13. The fourth-order valence-electron chi connectivity index (χ4n) is 3.04. The first-order chi connectivity index (χ1) is 12.4. The molecule has 136 valence electrons. The highest BCUT2D eigenvalue weighted by Gasteiger charge is 2.14. The Labute approximate surface area is 158 Å². The average molecular weight is 368 g/mol. The van der Waals surface area contributed by atoms with E-state index in [4.69, 9.17) is 0 Å². The molecule has 1 N–H and O–H groups in total. The SMILES string of the molecule is Cc1cccc(C(C)C)c1NC(=O)CN(C)Cc1nc2ccccc2s1. The molecule has 2 aromatic carbocycles. The van der Waals surface area contributed by atoms with Crippen LogP contribution in [0.5, 0.6) is 0 Å². The van der Waals surface area contributed by atoms with Crippen LogP contribution in [0.15, 0.2) is 42.5 Å². The molecule has 0 aliphatic carbocycles. The van der Waals surface area contributed by atoms with Gasteiger partial charge in [-0.1, -0.05) is 44.2 Å². The largest absolute Gasteiger partial charge is 0.324 e. The van der Waals surface area contributed by atoms with Gasteiger partial charge in [-0.2, -0.15) is 0 Å². The molecule has 3 rings (SSSR count). The van der Waals surface area contributed by atoms with Crippen LogP contribution >= 0.6 is 11.3 Å². The third-order valence-corrected chi connectivity index (χ3v) is 5.37. The standard InChI is InChI=1S/C21H25N3OS/c1-14(2)16-9-7-8-15(3)21(16)23-19(25)12-24(4)13-20-22-17-10-5-6-11-18(17)26-20/h5-11,14H,12-13H2,1-4H3,(H,23,25). The summed E-state index contributed by atoms with van der Waals surface area (Å²) in [6.45, 7) is 7.32. The van der Waals surface area contributed by atoms with Gasteiger partial charge in [-0.25, -0.2) is 4.98 Å². The van der Waals surface area contributed by atoms with E-state index in [0.29, 0.717) is 19.0 Å². The van der Waals surface area contributed by atoms with Crippen LogP contribution in [0.2, 0.25) is 0 Å². The predicted octanol–water partition coefficient (Wildman–Crippen LogP) is 4.80. The third-order valence-electron chi connectivity index (χ3n) is 4.35. The Bertz CT molecular complexity index is 884. The molecule has 26 heavy (non-hydrogen) atoms. The van der Waals surface area contributed by atoms with Crippen LogP contribution in [-0.4, -0.2) is 29.4 Å². The zero-order valence-electron chi connectivity index (χ0n) is 15.7. The number of likely N-dealkylation sites (N-methyl/N-ethyl adjacent to an activating group) is 1. The summed E-state index contributed by atoms with van der Waals surface area (Å²) in [5.41, 5.74) is 4.23. The summed E-state index contributed by atoms with van der Waals surface area (Å²) in [5.74, 6) is 0.371. The van der Waals surface area contributed by atoms with E-state index in [2.05, 4.69) is 36.3 Å². The van der Waals surface area contributed by atoms with Crippen LogP contribution in [-0.2, 0) is 11.3 Å². The molecule has 4 nitrogen and oxygen atoms in total. The smallest absolute Gasteiger partial charge is 0.238 e. The van der Waals surface area contributed by atoms with Crippen molar-refractivity contribution < 1.29 is 4.79 Å². The number of hydrogen-bond donors (Lipinski definition) is 1. The Morgan fingerprint density at radius 2 is 1.96 bits per heavy atom. The van der Waals surface area contributed by atoms with Crippen molar-refractivity contribution in [2.75, 3.05) is 18.9 Å². The van der Waals surface area contributed by atoms with Gasteiger partial charge in [0, 0.05) is 5.69 Å². The van der Waals surface area contributed by atoms with Gasteiger partial charge in [0.2, 0.25) is 5.91 Å². The summed E-state index contributed by atoms with van der Waals surface area (Å²) in [4.78, 5) is 19.2. The molecule has 0 radical (unpaired) electrons. The van der Waals surface area contributed by atoms with Crippen LogP contribution in [0.3, 0.4) is 0 Å². The fourth-order valence-corrected chi connectivity index (χ4v) is 4.09. The average Bonchev–Trinajstić information content (AvgIpc) is 2.98. The van der Waals surface area contributed by atoms with Crippen molar-refractivity contribution in [1.82, 2.24) is 9.88 Å². The number of hydrogen-bond acceptors (Lipinski definition) is 4. The highest BCUT2D eigenvalue weighted by Crippen LogP contribution is 2.27. The Morgan fingerprint density at radius 1 is 1.19 bits per heavy atom. The molecule has 3 aromatic rings. The van der Waals surface area contributed by atoms with Crippen molar-refractivity contribution in [2.24, 2.45) is 0 Å². The third kappa shape index (κ3) is 4.29. The van der Waals surface area contributed by atoms with E-state index in [1.165, 1.54) is 10.3 Å². The lowest BCUT2D eigenvalue weighted by Gasteiger charge is -2.19. The maximum Gasteiger partial charge on any atom is 0.238 e. The molecule has 1 heterocycles. The number of aryl methyl sites for hydroxylation is 1. The molecule has 0 saturated carbocycles. The molecule has 5 heteroatoms. The summed E-state index contributed by atoms with van der Waals surface area (Å²) >= 11 is 1.68. The van der Waals surface area contributed by atoms with Gasteiger partial charge in [-0.3, -0.25) is 9.69 Å². The summed E-state index contributed by atoms with van der Waals surface area (Å²) in [6, 6.07) is 14.3. The minimum Gasteiger partial charge on any atom is -0.324 e. The van der Waals surface area contributed by atoms with Gasteiger partial charge in [-0.15, -0.1) is 11.3 Å². The second-order valence-corrected chi connectivity index (χ2v) is 8.10. The number of anilines is 1. The molecule has 0 aliphatic rings. The maximum absolute atomic E-state index is 12.5. The number of benzene rings is 2. The number of rotatable bonds is 6. The number of carbonyl (C=O) groups excluding carboxylic acids is 1. The number of fused-ring (bicyclic) bond motifs is 1. The summed E-state index contributed by atoms with van der Waals surface area (Å²) < 4.78 is 1.18. The second-order valence-electron chi connectivity index (χ2n) is 6.99. The number of nitrogens with one attached hydrogen (secondary N) is 1. The molecular formula is C21H25N3OS. The lowest BCUT2D eigenvalue weighted by atomic mass is 9.98. The van der Waals surface area contributed by atoms with Gasteiger partial charge in [0.1, 0.15) is 5.01 Å². The van der Waals surface area contributed by atoms with Gasteiger partial charge in [0.25, 0.3) is 0 Å². The molecule has 0 unspecified atom stereocenters. The van der Waals surface area contributed by atoms with Crippen LogP contribution < -0.4 is 5.32 Å². The number of para-hydroxylation sites is 2. The van der Waals surface area contributed by atoms with E-state index >= 15 is 0 Å². The van der Waals surface area contributed by atoms with Crippen molar-refractivity contribution in [2.45, 2.75) is 33.2 Å². The quantitative estimate of drug-likeness (QED) is 0.681. The number of amides is 1. The minimum absolute atomic E-state index is 0.00445. The van der Waals surface area contributed by atoms with Gasteiger partial charge < -0.3 is 5.32 Å². The molecule has 0 saturated heterocycles. The first-order valence-corrected chi connectivity index (χ1v) is 9.68. The molecule has 0 atom stereocenters. The van der Waals surface area contributed by atoms with Crippen molar-refractivity contribution in [3.05, 3.63) is 58.6 Å². The second kappa shape index (κ2) is 7.98. The monoisotopic (exact) mass is 367 g/mol. The molecule has 0 bridgehead atoms. The number of nitrogens with zero attached hydrogens (tertiary/aromatic N) is 2. The first-order valence-electron chi connectivity index (χ1n) is 8.86. The zero-order chi connectivity index (χ0) is 18.7. The van der Waals surface area contributed by atoms with E-state index in [0.717, 1.165) is 21.8 Å². The van der Waals surface area contributed by atoms with E-state index in [9.17, 15) is 4.79 Å². The first kappa shape index (κ1) is 18.5. The molecular weight excluding hydrogens is 342 g/mol. The highest BCUT2D eigenvalue weighted by molar-refractivity contribution is 7.18. The Kier molecular flexibility index (Phi) is 5.69. The minimum atomic E-state index is 0.00445. The van der Waals surface area contributed by atoms with Gasteiger partial charge in [0.15, 0.2) is 0 Å². The summed E-state index contributed by atoms with van der Waals surface area (Å²) in [7, 11) is 1.95. The van der Waals surface area contributed by atoms with Crippen LogP contribution in [0.25, 0.3) is 10.2 Å². The molecule has 1 aromatic heterocycles. The zero-order valence-corrected chi connectivity index (χ0v) is 16.6. The lowest BCUT2D eigenvalue weighted by Crippen LogP contribution is -2.30. The molecule has 0 spiro atoms. The summed E-state index contributed by atoms with van der Waals surface area (Å²) in [6.07, 6.45) is 0. The van der Waals surface area contributed by atoms with Crippen molar-refractivity contribution >= 4 is 33.1 Å². The van der Waals surface area contributed by atoms with Crippen LogP contribution in [0, 0.1) is 6.92 Å². The topological polar surface area (TPSA) is 45.2 Å². The van der Waals surface area contributed by atoms with E-state index in [-0.39, 0.29) is 5.91 Å². The van der Waals surface area contributed by atoms with Crippen molar-refractivity contribution in [3.8, 4) is 0 Å². The van der Waals surface area contributed by atoms with Crippen molar-refractivity contribution in [3.63, 3.8) is 0 Å². The number of carbonyl (C=O) groups is 1. The fraction of sp³-hybridized carbons (Fsp3) is 0.333. The van der Waals surface area contributed by atoms with Gasteiger partial charge >= 0.3 is 0 Å². The van der Waals surface area contributed by atoms with E-state index in [1.54, 1.807) is 11.3 Å². The van der Waals surface area contributed by atoms with E-state index in [1.807, 2.05) is 49.2 Å². The Balaban J connectivity index is 1.64. The molecule has 0 aliphatic heterocycles. The molecule has 1 amide bonds. The van der Waals surface area contributed by atoms with Crippen LogP contribution in [0.4, 0.5) is 5.69 Å². The predicted molar refractivity (Wildman–Crippen MR) is 110 cm³/mol.